The van der Waals surface area contributed by atoms with E-state index in [4.69, 9.17) is 5.73 Å². The summed E-state index contributed by atoms with van der Waals surface area (Å²) < 4.78 is 27.7. The minimum absolute atomic E-state index is 0.136. The number of carbonyl (C=O) groups is 2. The summed E-state index contributed by atoms with van der Waals surface area (Å²) in [5.41, 5.74) is 7.18. The van der Waals surface area contributed by atoms with Crippen molar-refractivity contribution in [2.24, 2.45) is 5.73 Å². The van der Waals surface area contributed by atoms with E-state index in [0.29, 0.717) is 27.7 Å². The first-order chi connectivity index (χ1) is 14.4. The van der Waals surface area contributed by atoms with Crippen LogP contribution in [0.1, 0.15) is 21.6 Å². The second kappa shape index (κ2) is 7.67. The number of hydrogen-bond acceptors (Lipinski definition) is 4. The number of carbonyl (C=O) groups excluding carboxylic acids is 2. The second-order valence-corrected chi connectivity index (χ2v) is 6.49. The summed E-state index contributed by atoms with van der Waals surface area (Å²) in [6, 6.07) is 7.76. The predicted octanol–water partition coefficient (Wildman–Crippen LogP) is 3.63. The molecule has 0 radical (unpaired) electrons. The van der Waals surface area contributed by atoms with Gasteiger partial charge in [-0.05, 0) is 42.5 Å². The van der Waals surface area contributed by atoms with Crippen LogP contribution < -0.4 is 5.73 Å². The van der Waals surface area contributed by atoms with Gasteiger partial charge in [-0.25, -0.2) is 18.7 Å². The molecule has 0 aliphatic rings. The van der Waals surface area contributed by atoms with E-state index in [9.17, 15) is 18.4 Å². The Bertz CT molecular complexity index is 1310. The zero-order valence-corrected chi connectivity index (χ0v) is 15.4. The van der Waals surface area contributed by atoms with E-state index in [2.05, 4.69) is 15.0 Å². The number of halogens is 2. The molecule has 3 heterocycles. The van der Waals surface area contributed by atoms with Crippen molar-refractivity contribution in [3.8, 4) is 11.1 Å². The molecule has 0 unspecified atom stereocenters. The lowest BCUT2D eigenvalue weighted by molar-refractivity contribution is -0.113. The van der Waals surface area contributed by atoms with Gasteiger partial charge in [-0.2, -0.15) is 0 Å². The highest BCUT2D eigenvalue weighted by molar-refractivity contribution is 6.08. The van der Waals surface area contributed by atoms with Gasteiger partial charge >= 0.3 is 0 Å². The number of benzene rings is 1. The molecule has 0 spiro atoms. The maximum Gasteiger partial charge on any atom is 0.241 e. The molecule has 0 bridgehead atoms. The third-order valence-electron chi connectivity index (χ3n) is 4.49. The monoisotopic (exact) mass is 404 g/mol. The quantitative estimate of drug-likeness (QED) is 0.392. The molecule has 0 aliphatic heterocycles. The van der Waals surface area contributed by atoms with Crippen molar-refractivity contribution in [1.29, 1.82) is 0 Å². The van der Waals surface area contributed by atoms with Gasteiger partial charge in [0.05, 0.1) is 0 Å². The molecule has 0 saturated carbocycles. The van der Waals surface area contributed by atoms with Crippen molar-refractivity contribution in [3.05, 3.63) is 89.5 Å². The van der Waals surface area contributed by atoms with Crippen LogP contribution in [0.25, 0.3) is 28.2 Å². The van der Waals surface area contributed by atoms with Gasteiger partial charge in [-0.3, -0.25) is 9.59 Å². The number of hydrogen-bond donors (Lipinski definition) is 2. The number of ketones is 1. The molecule has 148 valence electrons. The highest BCUT2D eigenvalue weighted by Crippen LogP contribution is 2.26. The zero-order chi connectivity index (χ0) is 21.3. The van der Waals surface area contributed by atoms with Gasteiger partial charge in [0.15, 0.2) is 5.82 Å². The molecule has 0 aliphatic carbocycles. The van der Waals surface area contributed by atoms with Crippen LogP contribution in [0.2, 0.25) is 0 Å². The minimum atomic E-state index is -0.801. The van der Waals surface area contributed by atoms with Crippen LogP contribution in [-0.4, -0.2) is 26.6 Å². The Kier molecular flexibility index (Phi) is 4.89. The normalized spacial score (nSPS) is 11.3. The van der Waals surface area contributed by atoms with Gasteiger partial charge in [0.2, 0.25) is 11.7 Å². The van der Waals surface area contributed by atoms with Crippen LogP contribution in [0.5, 0.6) is 0 Å². The van der Waals surface area contributed by atoms with Gasteiger partial charge in [0.1, 0.15) is 17.2 Å². The first-order valence-electron chi connectivity index (χ1n) is 8.83. The van der Waals surface area contributed by atoms with Crippen molar-refractivity contribution in [2.75, 3.05) is 0 Å². The van der Waals surface area contributed by atoms with Crippen LogP contribution >= 0.6 is 0 Å². The van der Waals surface area contributed by atoms with E-state index < -0.39 is 23.3 Å². The summed E-state index contributed by atoms with van der Waals surface area (Å²) >= 11 is 0. The summed E-state index contributed by atoms with van der Waals surface area (Å²) in [7, 11) is 0. The lowest BCUT2D eigenvalue weighted by Crippen LogP contribution is -2.07. The number of nitrogens with one attached hydrogen (secondary N) is 1. The number of H-pyrrole nitrogens is 1. The van der Waals surface area contributed by atoms with Crippen molar-refractivity contribution in [2.45, 2.75) is 0 Å². The number of nitrogens with zero attached hydrogens (tertiary/aromatic N) is 2. The molecule has 6 nitrogen and oxygen atoms in total. The molecular formula is C22H14F2N4O2. The van der Waals surface area contributed by atoms with Crippen LogP contribution in [-0.2, 0) is 4.79 Å². The zero-order valence-electron chi connectivity index (χ0n) is 15.4. The largest absolute Gasteiger partial charge is 0.366 e. The number of fused-ring (bicyclic) bond motifs is 1. The fraction of sp³-hybridized carbons (Fsp3) is 0. The molecule has 0 fully saturated rings. The third kappa shape index (κ3) is 3.70. The van der Waals surface area contributed by atoms with Crippen LogP contribution in [0.4, 0.5) is 8.78 Å². The standard InChI is InChI=1S/C22H14F2N4O2/c23-16-4-1-12(2-5-16)21(30)20-18(24)8-15(10-26-20)14-7-17-13(3-6-19(25)29)9-27-22(17)28-11-14/h1-11H,(H2,25,29)(H,27,28)/b6-3+. The van der Waals surface area contributed by atoms with E-state index in [0.717, 1.165) is 12.1 Å². The Balaban J connectivity index is 1.69. The summed E-state index contributed by atoms with van der Waals surface area (Å²) in [6.45, 7) is 0. The van der Waals surface area contributed by atoms with E-state index >= 15 is 0 Å². The fourth-order valence-corrected chi connectivity index (χ4v) is 2.99. The van der Waals surface area contributed by atoms with Crippen molar-refractivity contribution < 1.29 is 18.4 Å². The van der Waals surface area contributed by atoms with Gasteiger partial charge in [0.25, 0.3) is 0 Å². The molecule has 3 N–H and O–H groups in total. The fourth-order valence-electron chi connectivity index (χ4n) is 2.99. The molecule has 8 heteroatoms. The molecule has 30 heavy (non-hydrogen) atoms. The summed E-state index contributed by atoms with van der Waals surface area (Å²) in [4.78, 5) is 34.7. The van der Waals surface area contributed by atoms with Crippen LogP contribution in [0.3, 0.4) is 0 Å². The van der Waals surface area contributed by atoms with E-state index in [1.165, 1.54) is 30.5 Å². The lowest BCUT2D eigenvalue weighted by Gasteiger charge is -2.06. The van der Waals surface area contributed by atoms with E-state index in [1.807, 2.05) is 0 Å². The van der Waals surface area contributed by atoms with Gasteiger partial charge in [-0.15, -0.1) is 0 Å². The van der Waals surface area contributed by atoms with Crippen molar-refractivity contribution >= 4 is 28.8 Å². The summed E-state index contributed by atoms with van der Waals surface area (Å²) in [6.07, 6.45) is 7.36. The topological polar surface area (TPSA) is 102 Å². The Morgan fingerprint density at radius 1 is 1.00 bits per heavy atom. The molecular weight excluding hydrogens is 390 g/mol. The number of aromatic amines is 1. The number of primary amides is 1. The lowest BCUT2D eigenvalue weighted by atomic mass is 10.0. The maximum absolute atomic E-state index is 14.6. The predicted molar refractivity (Wildman–Crippen MR) is 107 cm³/mol. The average molecular weight is 404 g/mol. The van der Waals surface area contributed by atoms with Crippen molar-refractivity contribution in [1.82, 2.24) is 15.0 Å². The van der Waals surface area contributed by atoms with Crippen LogP contribution in [0.15, 0.2) is 61.1 Å². The minimum Gasteiger partial charge on any atom is -0.366 e. The van der Waals surface area contributed by atoms with Gasteiger partial charge in [-0.1, -0.05) is 0 Å². The van der Waals surface area contributed by atoms with Crippen molar-refractivity contribution in [3.63, 3.8) is 0 Å². The number of aromatic nitrogens is 3. The first kappa shape index (κ1) is 19.1. The Morgan fingerprint density at radius 2 is 1.70 bits per heavy atom. The SMILES string of the molecule is NC(=O)/C=C/c1c[nH]c2ncc(-c3cnc(C(=O)c4ccc(F)cc4)c(F)c3)cc12. The van der Waals surface area contributed by atoms with Crippen LogP contribution in [0, 0.1) is 11.6 Å². The number of nitrogens with two attached hydrogens (primary N) is 1. The molecule has 0 saturated heterocycles. The Hall–Kier alpha value is -4.20. The molecule has 0 atom stereocenters. The van der Waals surface area contributed by atoms with Gasteiger partial charge in [0, 0.05) is 52.3 Å². The molecule has 4 aromatic rings. The highest BCUT2D eigenvalue weighted by atomic mass is 19.1. The third-order valence-corrected chi connectivity index (χ3v) is 4.49. The number of amides is 1. The molecule has 1 amide bonds. The second-order valence-electron chi connectivity index (χ2n) is 6.49. The highest BCUT2D eigenvalue weighted by Gasteiger charge is 2.17. The summed E-state index contributed by atoms with van der Waals surface area (Å²) in [5.74, 6) is -2.52. The summed E-state index contributed by atoms with van der Waals surface area (Å²) in [5, 5.41) is 0.705. The molecule has 4 rings (SSSR count). The maximum atomic E-state index is 14.6. The average Bonchev–Trinajstić information content (AvgIpc) is 3.14. The number of rotatable bonds is 5. The smallest absolute Gasteiger partial charge is 0.241 e. The number of pyridine rings is 2. The Morgan fingerprint density at radius 3 is 2.40 bits per heavy atom. The molecule has 1 aromatic carbocycles. The van der Waals surface area contributed by atoms with E-state index in [1.54, 1.807) is 24.5 Å². The Labute approximate surface area is 169 Å². The molecule has 3 aromatic heterocycles. The van der Waals surface area contributed by atoms with Gasteiger partial charge < -0.3 is 10.7 Å². The first-order valence-corrected chi connectivity index (χ1v) is 8.83. The van der Waals surface area contributed by atoms with E-state index in [-0.39, 0.29) is 11.3 Å².